The van der Waals surface area contributed by atoms with Gasteiger partial charge in [0.05, 0.1) is 6.61 Å². The van der Waals surface area contributed by atoms with Crippen molar-refractivity contribution in [2.24, 2.45) is 11.3 Å². The first kappa shape index (κ1) is 19.4. The van der Waals surface area contributed by atoms with Gasteiger partial charge in [0, 0.05) is 61.5 Å². The first-order valence-corrected chi connectivity index (χ1v) is 11.5. The topological polar surface area (TPSA) is 31.5 Å². The largest absolute Gasteiger partial charge is 0.493 e. The van der Waals surface area contributed by atoms with E-state index >= 15 is 0 Å². The molecular formula is C28H29N3O. The lowest BCUT2D eigenvalue weighted by atomic mass is 9.71. The third kappa shape index (κ3) is 3.65. The fourth-order valence-electron chi connectivity index (χ4n) is 5.56. The van der Waals surface area contributed by atoms with E-state index in [9.17, 15) is 0 Å². The zero-order valence-electron chi connectivity index (χ0n) is 18.3. The van der Waals surface area contributed by atoms with E-state index in [4.69, 9.17) is 4.74 Å². The smallest absolute Gasteiger partial charge is 0.119 e. The molecule has 162 valence electrons. The van der Waals surface area contributed by atoms with Gasteiger partial charge in [-0.05, 0) is 53.4 Å². The molecule has 1 spiro atoms. The fourth-order valence-corrected chi connectivity index (χ4v) is 5.56. The lowest BCUT2D eigenvalue weighted by molar-refractivity contribution is 0.111. The molecule has 3 heterocycles. The second-order valence-electron chi connectivity index (χ2n) is 9.44. The minimum atomic E-state index is 0.294. The monoisotopic (exact) mass is 423 g/mol. The third-order valence-corrected chi connectivity index (χ3v) is 7.23. The molecule has 0 bridgehead atoms. The summed E-state index contributed by atoms with van der Waals surface area (Å²) in [7, 11) is 0. The number of benzene rings is 3. The summed E-state index contributed by atoms with van der Waals surface area (Å²) in [5.41, 5.74) is 4.22. The SMILES string of the molecule is c1ccc(OCC2CN(Cc3ccc4[nH]ccc4c3)CC23CN(c2ccccc2)C3)cc1. The molecule has 4 aromatic rings. The van der Waals surface area contributed by atoms with Crippen LogP contribution >= 0.6 is 0 Å². The molecule has 4 nitrogen and oxygen atoms in total. The summed E-state index contributed by atoms with van der Waals surface area (Å²) < 4.78 is 6.26. The molecule has 1 aromatic heterocycles. The Morgan fingerprint density at radius 1 is 0.875 bits per heavy atom. The molecule has 2 fully saturated rings. The van der Waals surface area contributed by atoms with Crippen molar-refractivity contribution in [2.75, 3.05) is 37.7 Å². The molecule has 3 aromatic carbocycles. The van der Waals surface area contributed by atoms with Crippen molar-refractivity contribution in [3.63, 3.8) is 0 Å². The summed E-state index contributed by atoms with van der Waals surface area (Å²) in [5, 5.41) is 1.29. The zero-order chi connectivity index (χ0) is 21.4. The molecule has 6 rings (SSSR count). The van der Waals surface area contributed by atoms with E-state index in [-0.39, 0.29) is 0 Å². The molecule has 4 heteroatoms. The van der Waals surface area contributed by atoms with E-state index in [1.54, 1.807) is 0 Å². The van der Waals surface area contributed by atoms with Gasteiger partial charge in [-0.2, -0.15) is 0 Å². The third-order valence-electron chi connectivity index (χ3n) is 7.23. The minimum absolute atomic E-state index is 0.294. The van der Waals surface area contributed by atoms with Gasteiger partial charge in [-0.25, -0.2) is 0 Å². The molecule has 2 saturated heterocycles. The van der Waals surface area contributed by atoms with Crippen LogP contribution in [0.2, 0.25) is 0 Å². The van der Waals surface area contributed by atoms with Gasteiger partial charge in [-0.1, -0.05) is 42.5 Å². The number of nitrogens with one attached hydrogen (secondary N) is 1. The Morgan fingerprint density at radius 2 is 1.66 bits per heavy atom. The first-order chi connectivity index (χ1) is 15.8. The number of aromatic nitrogens is 1. The normalized spacial score (nSPS) is 20.0. The summed E-state index contributed by atoms with van der Waals surface area (Å²) in [6, 6.07) is 30.0. The standard InChI is InChI=1S/C28H29N3O/c1-3-7-25(8-4-1)31-20-28(21-31)19-30(16-22-11-12-27-23(15-22)13-14-29-27)17-24(28)18-32-26-9-5-2-6-10-26/h1-15,24,29H,16-21H2. The Hall–Kier alpha value is -3.24. The van der Waals surface area contributed by atoms with Gasteiger partial charge in [-0.3, -0.25) is 4.90 Å². The number of fused-ring (bicyclic) bond motifs is 1. The number of rotatable bonds is 6. The van der Waals surface area contributed by atoms with E-state index in [0.29, 0.717) is 11.3 Å². The van der Waals surface area contributed by atoms with Gasteiger partial charge in [0.2, 0.25) is 0 Å². The quantitative estimate of drug-likeness (QED) is 0.463. The van der Waals surface area contributed by atoms with E-state index in [2.05, 4.69) is 81.5 Å². The van der Waals surface area contributed by atoms with E-state index in [0.717, 1.165) is 45.1 Å². The second kappa shape index (κ2) is 8.03. The van der Waals surface area contributed by atoms with Gasteiger partial charge in [0.25, 0.3) is 0 Å². The highest BCUT2D eigenvalue weighted by molar-refractivity contribution is 5.79. The molecule has 1 unspecified atom stereocenters. The van der Waals surface area contributed by atoms with Crippen molar-refractivity contribution in [1.29, 1.82) is 0 Å². The molecular weight excluding hydrogens is 394 g/mol. The average Bonchev–Trinajstić information content (AvgIpc) is 3.42. The fraction of sp³-hybridized carbons (Fsp3) is 0.286. The van der Waals surface area contributed by atoms with Gasteiger partial charge < -0.3 is 14.6 Å². The van der Waals surface area contributed by atoms with Crippen molar-refractivity contribution >= 4 is 16.6 Å². The van der Waals surface area contributed by atoms with Gasteiger partial charge in [0.1, 0.15) is 5.75 Å². The number of aromatic amines is 1. The number of ether oxygens (including phenoxy) is 1. The highest BCUT2D eigenvalue weighted by Crippen LogP contribution is 2.46. The molecule has 1 N–H and O–H groups in total. The van der Waals surface area contributed by atoms with Crippen molar-refractivity contribution < 1.29 is 4.74 Å². The second-order valence-corrected chi connectivity index (χ2v) is 9.44. The maximum atomic E-state index is 6.26. The molecule has 0 amide bonds. The summed E-state index contributed by atoms with van der Waals surface area (Å²) in [6.07, 6.45) is 2.02. The van der Waals surface area contributed by atoms with Crippen LogP contribution in [0.4, 0.5) is 5.69 Å². The van der Waals surface area contributed by atoms with Crippen LogP contribution in [0.25, 0.3) is 10.9 Å². The van der Waals surface area contributed by atoms with Crippen LogP contribution in [0.15, 0.2) is 91.1 Å². The predicted octanol–water partition coefficient (Wildman–Crippen LogP) is 5.19. The number of nitrogens with zero attached hydrogens (tertiary/aromatic N) is 2. The minimum Gasteiger partial charge on any atom is -0.493 e. The van der Waals surface area contributed by atoms with E-state index in [1.165, 1.54) is 22.2 Å². The molecule has 0 aliphatic carbocycles. The number of hydrogen-bond donors (Lipinski definition) is 1. The van der Waals surface area contributed by atoms with E-state index in [1.807, 2.05) is 24.4 Å². The number of likely N-dealkylation sites (tertiary alicyclic amines) is 1. The van der Waals surface area contributed by atoms with Gasteiger partial charge in [-0.15, -0.1) is 0 Å². The summed E-state index contributed by atoms with van der Waals surface area (Å²) in [5.74, 6) is 1.50. The number of hydrogen-bond acceptors (Lipinski definition) is 3. The van der Waals surface area contributed by atoms with Crippen LogP contribution in [0.5, 0.6) is 5.75 Å². The lowest BCUT2D eigenvalue weighted by Gasteiger charge is -2.52. The Kier molecular flexibility index (Phi) is 4.88. The highest BCUT2D eigenvalue weighted by atomic mass is 16.5. The summed E-state index contributed by atoms with van der Waals surface area (Å²) in [4.78, 5) is 8.45. The number of para-hydroxylation sites is 2. The molecule has 1 atom stereocenters. The number of anilines is 1. The van der Waals surface area contributed by atoms with Gasteiger partial charge in [0.15, 0.2) is 0 Å². The average molecular weight is 424 g/mol. The maximum absolute atomic E-state index is 6.26. The Balaban J connectivity index is 1.19. The lowest BCUT2D eigenvalue weighted by Crippen LogP contribution is -2.61. The molecule has 0 saturated carbocycles. The van der Waals surface area contributed by atoms with E-state index < -0.39 is 0 Å². The predicted molar refractivity (Wildman–Crippen MR) is 130 cm³/mol. The van der Waals surface area contributed by atoms with Crippen LogP contribution < -0.4 is 9.64 Å². The molecule has 2 aliphatic rings. The van der Waals surface area contributed by atoms with Crippen molar-refractivity contribution in [3.05, 3.63) is 96.7 Å². The first-order valence-electron chi connectivity index (χ1n) is 11.5. The van der Waals surface area contributed by atoms with Crippen molar-refractivity contribution in [3.8, 4) is 5.75 Å². The number of H-pyrrole nitrogens is 1. The molecule has 0 radical (unpaired) electrons. The Bertz CT molecular complexity index is 1180. The maximum Gasteiger partial charge on any atom is 0.119 e. The Morgan fingerprint density at radius 3 is 2.47 bits per heavy atom. The Labute approximate surface area is 189 Å². The van der Waals surface area contributed by atoms with Crippen molar-refractivity contribution in [2.45, 2.75) is 6.54 Å². The van der Waals surface area contributed by atoms with Crippen LogP contribution in [0, 0.1) is 11.3 Å². The zero-order valence-corrected chi connectivity index (χ0v) is 18.3. The molecule has 32 heavy (non-hydrogen) atoms. The highest BCUT2D eigenvalue weighted by Gasteiger charge is 2.54. The van der Waals surface area contributed by atoms with Crippen LogP contribution in [-0.2, 0) is 6.54 Å². The van der Waals surface area contributed by atoms with Crippen molar-refractivity contribution in [1.82, 2.24) is 9.88 Å². The summed E-state index contributed by atoms with van der Waals surface area (Å²) in [6.45, 7) is 6.20. The molecule has 2 aliphatic heterocycles. The van der Waals surface area contributed by atoms with Crippen LogP contribution in [0.3, 0.4) is 0 Å². The summed E-state index contributed by atoms with van der Waals surface area (Å²) >= 11 is 0. The van der Waals surface area contributed by atoms with Gasteiger partial charge >= 0.3 is 0 Å². The van der Waals surface area contributed by atoms with Crippen LogP contribution in [0.1, 0.15) is 5.56 Å². The van der Waals surface area contributed by atoms with Crippen LogP contribution in [-0.4, -0.2) is 42.7 Å².